The monoisotopic (exact) mass is 564 g/mol. The Morgan fingerprint density at radius 1 is 0.735 bits per heavy atom. The standard InChI is InChI=1S/C23H52O6Si5/c1-30(2,15-11-14-24-18-22-19-25-22)26-32(5,6)28-34(9,10)29-33(7,8)27-31(3,4)23-17-20-12-13-21(23)16-20/h20-23H,11-19H2,1-10H3. The Kier molecular flexibility index (Phi) is 9.44. The molecule has 1 heterocycles. The fourth-order valence-electron chi connectivity index (χ4n) is 6.75. The van der Waals surface area contributed by atoms with Gasteiger partial charge in [-0.05, 0) is 108 Å². The molecule has 34 heavy (non-hydrogen) atoms. The molecular weight excluding hydrogens is 513 g/mol. The van der Waals surface area contributed by atoms with E-state index in [0.717, 1.165) is 49.7 Å². The molecule has 0 aromatic heterocycles. The molecule has 3 rings (SSSR count). The van der Waals surface area contributed by atoms with Crippen LogP contribution in [-0.4, -0.2) is 68.2 Å². The second kappa shape index (κ2) is 10.9. The van der Waals surface area contributed by atoms with Gasteiger partial charge < -0.3 is 25.9 Å². The number of rotatable bonds is 15. The highest BCUT2D eigenvalue weighted by molar-refractivity contribution is 6.90. The van der Waals surface area contributed by atoms with E-state index < -0.39 is 42.3 Å². The van der Waals surface area contributed by atoms with Gasteiger partial charge in [-0.25, -0.2) is 0 Å². The molecule has 0 radical (unpaired) electrons. The Balaban J connectivity index is 1.47. The van der Waals surface area contributed by atoms with E-state index in [1.807, 2.05) is 0 Å². The molecule has 4 unspecified atom stereocenters. The van der Waals surface area contributed by atoms with Gasteiger partial charge in [-0.15, -0.1) is 0 Å². The Hall–Kier alpha value is 0.844. The summed E-state index contributed by atoms with van der Waals surface area (Å²) in [7, 11) is -10.7. The van der Waals surface area contributed by atoms with Crippen molar-refractivity contribution < 1.29 is 25.9 Å². The van der Waals surface area contributed by atoms with Gasteiger partial charge in [-0.1, -0.05) is 12.8 Å². The molecule has 2 aliphatic carbocycles. The van der Waals surface area contributed by atoms with Crippen molar-refractivity contribution in [3.63, 3.8) is 0 Å². The molecule has 2 bridgehead atoms. The fraction of sp³-hybridized carbons (Fsp3) is 1.00. The normalized spacial score (nSPS) is 28.1. The fourth-order valence-corrected chi connectivity index (χ4v) is 32.6. The predicted octanol–water partition coefficient (Wildman–Crippen LogP) is 6.56. The van der Waals surface area contributed by atoms with Gasteiger partial charge in [0.1, 0.15) is 6.10 Å². The van der Waals surface area contributed by atoms with Crippen LogP contribution in [0.2, 0.25) is 77.1 Å². The van der Waals surface area contributed by atoms with Crippen LogP contribution in [0.25, 0.3) is 0 Å². The van der Waals surface area contributed by atoms with Crippen LogP contribution in [0.5, 0.6) is 0 Å². The molecule has 0 aromatic rings. The summed E-state index contributed by atoms with van der Waals surface area (Å²) in [6.45, 7) is 25.0. The SMILES string of the molecule is C[Si](C)(CCCOCC1CO1)O[Si](C)(C)O[Si](C)(C)O[Si](C)(C)O[Si](C)(C)C1CC2CCC1C2. The summed E-state index contributed by atoms with van der Waals surface area (Å²) in [6, 6.07) is 1.08. The van der Waals surface area contributed by atoms with Gasteiger partial charge in [0.15, 0.2) is 16.6 Å². The average Bonchev–Trinajstić information content (AvgIpc) is 3.17. The molecular formula is C23H52O6Si5. The zero-order chi connectivity index (χ0) is 25.4. The largest absolute Gasteiger partial charge is 0.436 e. The number of hydrogen-bond acceptors (Lipinski definition) is 6. The predicted molar refractivity (Wildman–Crippen MR) is 151 cm³/mol. The zero-order valence-corrected chi connectivity index (χ0v) is 28.6. The molecule has 2 saturated carbocycles. The Labute approximate surface area is 214 Å². The highest BCUT2D eigenvalue weighted by atomic mass is 28.5. The van der Waals surface area contributed by atoms with Crippen LogP contribution >= 0.6 is 0 Å². The number of epoxide rings is 1. The van der Waals surface area contributed by atoms with E-state index in [1.165, 1.54) is 25.7 Å². The lowest BCUT2D eigenvalue weighted by molar-refractivity contribution is 0.116. The molecule has 0 amide bonds. The van der Waals surface area contributed by atoms with Crippen molar-refractivity contribution in [3.05, 3.63) is 0 Å². The van der Waals surface area contributed by atoms with E-state index in [0.29, 0.717) is 6.10 Å². The summed E-state index contributed by atoms with van der Waals surface area (Å²) >= 11 is 0. The first-order valence-corrected chi connectivity index (χ1v) is 28.0. The van der Waals surface area contributed by atoms with Crippen molar-refractivity contribution in [2.24, 2.45) is 11.8 Å². The van der Waals surface area contributed by atoms with E-state index >= 15 is 0 Å². The van der Waals surface area contributed by atoms with Crippen LogP contribution in [0.1, 0.15) is 32.1 Å². The van der Waals surface area contributed by atoms with Gasteiger partial charge in [-0.2, -0.15) is 0 Å². The zero-order valence-electron chi connectivity index (χ0n) is 23.6. The first-order chi connectivity index (χ1) is 15.5. The van der Waals surface area contributed by atoms with E-state index in [2.05, 4.69) is 65.5 Å². The molecule has 11 heteroatoms. The first-order valence-electron chi connectivity index (χ1n) is 13.5. The van der Waals surface area contributed by atoms with Crippen LogP contribution < -0.4 is 0 Å². The Morgan fingerprint density at radius 2 is 1.32 bits per heavy atom. The van der Waals surface area contributed by atoms with Crippen molar-refractivity contribution in [2.75, 3.05) is 19.8 Å². The lowest BCUT2D eigenvalue weighted by atomic mass is 10.0. The topological polar surface area (TPSA) is 58.7 Å². The maximum absolute atomic E-state index is 6.98. The van der Waals surface area contributed by atoms with Crippen LogP contribution in [0.3, 0.4) is 0 Å². The van der Waals surface area contributed by atoms with Gasteiger partial charge >= 0.3 is 25.7 Å². The van der Waals surface area contributed by atoms with E-state index in [4.69, 9.17) is 25.9 Å². The van der Waals surface area contributed by atoms with Crippen LogP contribution in [0.4, 0.5) is 0 Å². The molecule has 1 aliphatic heterocycles. The molecule has 6 nitrogen and oxygen atoms in total. The summed E-state index contributed by atoms with van der Waals surface area (Å²) in [5.41, 5.74) is 0.800. The molecule has 0 aromatic carbocycles. The molecule has 3 aliphatic rings. The van der Waals surface area contributed by atoms with Gasteiger partial charge in [-0.3, -0.25) is 0 Å². The van der Waals surface area contributed by atoms with Gasteiger partial charge in [0, 0.05) is 6.61 Å². The third kappa shape index (κ3) is 9.30. The number of hydrogen-bond donors (Lipinski definition) is 0. The third-order valence-electron chi connectivity index (χ3n) is 7.42. The molecule has 200 valence electrons. The highest BCUT2D eigenvalue weighted by Gasteiger charge is 2.52. The average molecular weight is 565 g/mol. The second-order valence-corrected chi connectivity index (χ2v) is 33.0. The van der Waals surface area contributed by atoms with Gasteiger partial charge in [0.2, 0.25) is 0 Å². The van der Waals surface area contributed by atoms with Crippen LogP contribution in [0, 0.1) is 11.8 Å². The number of ether oxygens (including phenoxy) is 2. The summed E-state index contributed by atoms with van der Waals surface area (Å²) in [6.07, 6.45) is 7.06. The smallest absolute Gasteiger partial charge is 0.314 e. The minimum Gasteiger partial charge on any atom is -0.436 e. The third-order valence-corrected chi connectivity index (χ3v) is 27.6. The maximum Gasteiger partial charge on any atom is 0.314 e. The Bertz CT molecular complexity index is 683. The molecule has 3 fully saturated rings. The quantitative estimate of drug-likeness (QED) is 0.127. The summed E-state index contributed by atoms with van der Waals surface area (Å²) in [4.78, 5) is 0. The molecule has 0 spiro atoms. The second-order valence-electron chi connectivity index (χ2n) is 13.4. The van der Waals surface area contributed by atoms with Crippen LogP contribution in [-0.2, 0) is 25.9 Å². The van der Waals surface area contributed by atoms with Crippen molar-refractivity contribution in [3.8, 4) is 0 Å². The lowest BCUT2D eigenvalue weighted by Crippen LogP contribution is -2.59. The van der Waals surface area contributed by atoms with Crippen molar-refractivity contribution in [1.29, 1.82) is 0 Å². The van der Waals surface area contributed by atoms with Gasteiger partial charge in [0.25, 0.3) is 0 Å². The number of fused-ring (bicyclic) bond motifs is 2. The van der Waals surface area contributed by atoms with Gasteiger partial charge in [0.05, 0.1) is 13.2 Å². The Morgan fingerprint density at radius 3 is 1.85 bits per heavy atom. The lowest BCUT2D eigenvalue weighted by Gasteiger charge is -2.44. The van der Waals surface area contributed by atoms with Crippen molar-refractivity contribution in [1.82, 2.24) is 0 Å². The first kappa shape index (κ1) is 29.4. The maximum atomic E-state index is 6.98. The molecule has 4 atom stereocenters. The van der Waals surface area contributed by atoms with E-state index in [1.54, 1.807) is 0 Å². The minimum absolute atomic E-state index is 0.340. The van der Waals surface area contributed by atoms with E-state index in [-0.39, 0.29) is 0 Å². The molecule has 1 saturated heterocycles. The minimum atomic E-state index is -2.40. The molecule has 0 N–H and O–H groups in total. The highest BCUT2D eigenvalue weighted by Crippen LogP contribution is 2.56. The summed E-state index contributed by atoms with van der Waals surface area (Å²) in [5.74, 6) is 1.86. The summed E-state index contributed by atoms with van der Waals surface area (Å²) in [5, 5.41) is 0. The van der Waals surface area contributed by atoms with Crippen molar-refractivity contribution in [2.45, 2.75) is 115 Å². The van der Waals surface area contributed by atoms with E-state index in [9.17, 15) is 0 Å². The van der Waals surface area contributed by atoms with Crippen LogP contribution in [0.15, 0.2) is 0 Å². The summed E-state index contributed by atoms with van der Waals surface area (Å²) < 4.78 is 38.2. The van der Waals surface area contributed by atoms with Crippen molar-refractivity contribution >= 4 is 42.3 Å².